The maximum absolute atomic E-state index is 12.2. The van der Waals surface area contributed by atoms with Crippen LogP contribution < -0.4 is 10.6 Å². The lowest BCUT2D eigenvalue weighted by Gasteiger charge is -2.17. The summed E-state index contributed by atoms with van der Waals surface area (Å²) in [6.07, 6.45) is 1.61. The molecule has 3 rings (SSSR count). The van der Waals surface area contributed by atoms with Crippen LogP contribution in [0.25, 0.3) is 0 Å². The summed E-state index contributed by atoms with van der Waals surface area (Å²) in [6.45, 7) is 0.100. The van der Waals surface area contributed by atoms with E-state index in [0.29, 0.717) is 10.6 Å². The largest absolute Gasteiger partial charge is 0.467 e. The van der Waals surface area contributed by atoms with E-state index in [2.05, 4.69) is 16.7 Å². The van der Waals surface area contributed by atoms with E-state index < -0.39 is 0 Å². The van der Waals surface area contributed by atoms with Gasteiger partial charge < -0.3 is 9.73 Å². The van der Waals surface area contributed by atoms with Crippen molar-refractivity contribution in [3.63, 3.8) is 0 Å². The first-order valence-corrected chi connectivity index (χ1v) is 8.25. The molecule has 0 spiro atoms. The molecule has 0 fully saturated rings. The van der Waals surface area contributed by atoms with Gasteiger partial charge in [-0.2, -0.15) is 5.26 Å². The van der Waals surface area contributed by atoms with Gasteiger partial charge in [0.25, 0.3) is 0 Å². The van der Waals surface area contributed by atoms with E-state index in [0.717, 1.165) is 11.3 Å². The monoisotopic (exact) mass is 337 g/mol. The van der Waals surface area contributed by atoms with Crippen LogP contribution >= 0.6 is 11.3 Å². The lowest BCUT2D eigenvalue weighted by atomic mass is 10.0. The van der Waals surface area contributed by atoms with Crippen molar-refractivity contribution < 1.29 is 9.21 Å². The fraction of sp³-hybridized carbons (Fsp3) is 0.111. The van der Waals surface area contributed by atoms with E-state index in [-0.39, 0.29) is 18.5 Å². The van der Waals surface area contributed by atoms with Crippen molar-refractivity contribution in [1.29, 1.82) is 5.26 Å². The Labute approximate surface area is 143 Å². The Morgan fingerprint density at radius 2 is 2.04 bits per heavy atom. The molecule has 0 saturated heterocycles. The van der Waals surface area contributed by atoms with Crippen LogP contribution in [0.2, 0.25) is 0 Å². The Morgan fingerprint density at radius 3 is 2.75 bits per heavy atom. The number of nitrogens with one attached hydrogen (secondary N) is 2. The highest BCUT2D eigenvalue weighted by atomic mass is 32.1. The van der Waals surface area contributed by atoms with Crippen LogP contribution in [0, 0.1) is 11.3 Å². The second-order valence-electron chi connectivity index (χ2n) is 5.06. The molecular formula is C18H15N3O2S. The molecule has 0 aliphatic carbocycles. The SMILES string of the molecule is N#Cc1ccsc1NC(=O)CN[C@@H](c1ccccc1)c1ccco1. The van der Waals surface area contributed by atoms with E-state index in [1.165, 1.54) is 11.3 Å². The molecule has 1 atom stereocenters. The zero-order valence-electron chi connectivity index (χ0n) is 12.7. The predicted octanol–water partition coefficient (Wildman–Crippen LogP) is 3.53. The number of rotatable bonds is 6. The van der Waals surface area contributed by atoms with Gasteiger partial charge in [0.1, 0.15) is 16.8 Å². The van der Waals surface area contributed by atoms with Crippen molar-refractivity contribution in [2.45, 2.75) is 6.04 Å². The number of anilines is 1. The molecule has 0 unspecified atom stereocenters. The first kappa shape index (κ1) is 16.0. The minimum atomic E-state index is -0.217. The Morgan fingerprint density at radius 1 is 1.21 bits per heavy atom. The predicted molar refractivity (Wildman–Crippen MR) is 92.7 cm³/mol. The van der Waals surface area contributed by atoms with Gasteiger partial charge in [-0.25, -0.2) is 0 Å². The van der Waals surface area contributed by atoms with Gasteiger partial charge in [-0.15, -0.1) is 11.3 Å². The van der Waals surface area contributed by atoms with Gasteiger partial charge in [0.15, 0.2) is 0 Å². The lowest BCUT2D eigenvalue weighted by Crippen LogP contribution is -2.31. The van der Waals surface area contributed by atoms with Crippen LogP contribution in [-0.2, 0) is 4.79 Å². The third kappa shape index (κ3) is 3.71. The summed E-state index contributed by atoms with van der Waals surface area (Å²) in [5.74, 6) is 0.532. The first-order chi connectivity index (χ1) is 11.8. The number of amides is 1. The number of benzene rings is 1. The quantitative estimate of drug-likeness (QED) is 0.721. The van der Waals surface area contributed by atoms with Crippen molar-refractivity contribution in [2.24, 2.45) is 0 Å². The van der Waals surface area contributed by atoms with Crippen LogP contribution in [-0.4, -0.2) is 12.5 Å². The van der Waals surface area contributed by atoms with Crippen LogP contribution in [0.15, 0.2) is 64.6 Å². The molecule has 120 valence electrons. The number of nitrogens with zero attached hydrogens (tertiary/aromatic N) is 1. The maximum atomic E-state index is 12.2. The molecule has 6 heteroatoms. The van der Waals surface area contributed by atoms with E-state index in [1.807, 2.05) is 42.5 Å². The molecule has 0 saturated carbocycles. The topological polar surface area (TPSA) is 78.1 Å². The fourth-order valence-electron chi connectivity index (χ4n) is 2.34. The highest BCUT2D eigenvalue weighted by Gasteiger charge is 2.18. The molecular weight excluding hydrogens is 322 g/mol. The summed E-state index contributed by atoms with van der Waals surface area (Å²) < 4.78 is 5.49. The number of hydrogen-bond donors (Lipinski definition) is 2. The van der Waals surface area contributed by atoms with E-state index in [9.17, 15) is 4.79 Å². The lowest BCUT2D eigenvalue weighted by molar-refractivity contribution is -0.115. The number of hydrogen-bond acceptors (Lipinski definition) is 5. The highest BCUT2D eigenvalue weighted by molar-refractivity contribution is 7.14. The molecule has 5 nitrogen and oxygen atoms in total. The van der Waals surface area contributed by atoms with Crippen molar-refractivity contribution in [2.75, 3.05) is 11.9 Å². The standard InChI is InChI=1S/C18H15N3O2S/c19-11-14-8-10-24-18(14)21-16(22)12-20-17(15-7-4-9-23-15)13-5-2-1-3-6-13/h1-10,17,20H,12H2,(H,21,22)/t17-/m0/s1. The van der Waals surface area contributed by atoms with E-state index in [1.54, 1.807) is 17.7 Å². The average molecular weight is 337 g/mol. The Kier molecular flexibility index (Phi) is 5.06. The summed E-state index contributed by atoms with van der Waals surface area (Å²) in [5, 5.41) is 17.3. The summed E-state index contributed by atoms with van der Waals surface area (Å²) in [4.78, 5) is 12.2. The summed E-state index contributed by atoms with van der Waals surface area (Å²) in [6, 6.07) is 17.0. The molecule has 1 aromatic carbocycles. The zero-order chi connectivity index (χ0) is 16.8. The highest BCUT2D eigenvalue weighted by Crippen LogP contribution is 2.23. The molecule has 0 radical (unpaired) electrons. The average Bonchev–Trinajstić information content (AvgIpc) is 3.28. The molecule has 0 aliphatic rings. The molecule has 3 aromatic rings. The molecule has 0 aliphatic heterocycles. The molecule has 2 heterocycles. The van der Waals surface area contributed by atoms with Gasteiger partial charge in [0, 0.05) is 0 Å². The summed E-state index contributed by atoms with van der Waals surface area (Å²) in [7, 11) is 0. The number of carbonyl (C=O) groups excluding carboxylic acids is 1. The number of furan rings is 1. The molecule has 2 N–H and O–H groups in total. The number of thiophene rings is 1. The van der Waals surface area contributed by atoms with Gasteiger partial charge in [-0.05, 0) is 29.1 Å². The first-order valence-electron chi connectivity index (χ1n) is 7.37. The van der Waals surface area contributed by atoms with E-state index >= 15 is 0 Å². The molecule has 24 heavy (non-hydrogen) atoms. The number of carbonyl (C=O) groups is 1. The van der Waals surface area contributed by atoms with Crippen LogP contribution in [0.5, 0.6) is 0 Å². The Bertz CT molecular complexity index is 835. The van der Waals surface area contributed by atoms with Gasteiger partial charge in [-0.1, -0.05) is 30.3 Å². The Hall–Kier alpha value is -2.88. The smallest absolute Gasteiger partial charge is 0.238 e. The second-order valence-corrected chi connectivity index (χ2v) is 5.98. The maximum Gasteiger partial charge on any atom is 0.238 e. The van der Waals surface area contributed by atoms with Gasteiger partial charge >= 0.3 is 0 Å². The van der Waals surface area contributed by atoms with Crippen molar-refractivity contribution in [3.05, 3.63) is 77.1 Å². The molecule has 1 amide bonds. The van der Waals surface area contributed by atoms with Crippen molar-refractivity contribution >= 4 is 22.2 Å². The number of nitriles is 1. The van der Waals surface area contributed by atoms with Crippen molar-refractivity contribution in [1.82, 2.24) is 5.32 Å². The van der Waals surface area contributed by atoms with Gasteiger partial charge in [-0.3, -0.25) is 10.1 Å². The van der Waals surface area contributed by atoms with Crippen LogP contribution in [0.4, 0.5) is 5.00 Å². The second kappa shape index (κ2) is 7.59. The van der Waals surface area contributed by atoms with Crippen LogP contribution in [0.1, 0.15) is 22.9 Å². The summed E-state index contributed by atoms with van der Waals surface area (Å²) in [5.41, 5.74) is 1.48. The normalized spacial score (nSPS) is 11.6. The van der Waals surface area contributed by atoms with Gasteiger partial charge in [0.2, 0.25) is 5.91 Å². The van der Waals surface area contributed by atoms with E-state index in [4.69, 9.17) is 9.68 Å². The third-order valence-electron chi connectivity index (χ3n) is 3.47. The summed E-state index contributed by atoms with van der Waals surface area (Å²) >= 11 is 1.33. The van der Waals surface area contributed by atoms with Gasteiger partial charge in [0.05, 0.1) is 24.4 Å². The molecule has 2 aromatic heterocycles. The fourth-order valence-corrected chi connectivity index (χ4v) is 3.10. The minimum absolute atomic E-state index is 0.100. The molecule has 0 bridgehead atoms. The van der Waals surface area contributed by atoms with Crippen molar-refractivity contribution in [3.8, 4) is 6.07 Å². The zero-order valence-corrected chi connectivity index (χ0v) is 13.5. The minimum Gasteiger partial charge on any atom is -0.467 e. The third-order valence-corrected chi connectivity index (χ3v) is 4.30. The Balaban J connectivity index is 1.68. The van der Waals surface area contributed by atoms with Crippen LogP contribution in [0.3, 0.4) is 0 Å².